The summed E-state index contributed by atoms with van der Waals surface area (Å²) in [6, 6.07) is 10.4. The highest BCUT2D eigenvalue weighted by Crippen LogP contribution is 2.29. The van der Waals surface area contributed by atoms with Gasteiger partial charge in [0.2, 0.25) is 5.95 Å². The molecule has 0 fully saturated rings. The van der Waals surface area contributed by atoms with Crippen LogP contribution in [0, 0.1) is 0 Å². The Kier molecular flexibility index (Phi) is 2.72. The minimum Gasteiger partial charge on any atom is -0.366 e. The van der Waals surface area contributed by atoms with Crippen molar-refractivity contribution in [2.24, 2.45) is 0 Å². The van der Waals surface area contributed by atoms with Gasteiger partial charge in [0.15, 0.2) is 15.5 Å². The van der Waals surface area contributed by atoms with Crippen LogP contribution in [0.25, 0.3) is 16.8 Å². The summed E-state index contributed by atoms with van der Waals surface area (Å²) in [5.41, 5.74) is 7.40. The molecule has 0 aliphatic carbocycles. The van der Waals surface area contributed by atoms with Gasteiger partial charge in [0.05, 0.1) is 4.90 Å². The molecule has 0 aliphatic heterocycles. The van der Waals surface area contributed by atoms with Gasteiger partial charge in [-0.05, 0) is 18.2 Å². The molecule has 3 rings (SSSR count). The maximum atomic E-state index is 11.9. The molecule has 20 heavy (non-hydrogen) atoms. The first kappa shape index (κ1) is 12.6. The van der Waals surface area contributed by atoms with Crippen molar-refractivity contribution in [3.8, 4) is 11.1 Å². The monoisotopic (exact) mass is 288 g/mol. The minimum absolute atomic E-state index is 0.147. The summed E-state index contributed by atoms with van der Waals surface area (Å²) < 4.78 is 25.3. The zero-order valence-corrected chi connectivity index (χ0v) is 11.5. The normalized spacial score (nSPS) is 11.8. The van der Waals surface area contributed by atoms with Crippen LogP contribution < -0.4 is 5.73 Å². The first-order valence-electron chi connectivity index (χ1n) is 5.87. The predicted molar refractivity (Wildman–Crippen MR) is 75.9 cm³/mol. The summed E-state index contributed by atoms with van der Waals surface area (Å²) in [5.74, 6) is 0.147. The number of rotatable bonds is 2. The second-order valence-electron chi connectivity index (χ2n) is 4.43. The van der Waals surface area contributed by atoms with Crippen molar-refractivity contribution in [3.63, 3.8) is 0 Å². The Bertz CT molecular complexity index is 900. The maximum Gasteiger partial charge on any atom is 0.240 e. The molecule has 2 N–H and O–H groups in total. The average molecular weight is 288 g/mol. The highest BCUT2D eigenvalue weighted by Gasteiger charge is 2.17. The molecule has 0 radical (unpaired) electrons. The number of benzene rings is 1. The molecular formula is C13H12N4O2S. The van der Waals surface area contributed by atoms with E-state index in [2.05, 4.69) is 10.1 Å². The third kappa shape index (κ3) is 2.01. The molecule has 0 saturated carbocycles. The van der Waals surface area contributed by atoms with Crippen molar-refractivity contribution in [1.29, 1.82) is 0 Å². The number of hydrogen-bond acceptors (Lipinski definition) is 5. The molecule has 0 atom stereocenters. The molecule has 7 heteroatoms. The van der Waals surface area contributed by atoms with E-state index < -0.39 is 9.84 Å². The molecule has 0 spiro atoms. The average Bonchev–Trinajstić information content (AvgIpc) is 2.77. The largest absolute Gasteiger partial charge is 0.366 e. The van der Waals surface area contributed by atoms with Crippen LogP contribution in [0.1, 0.15) is 0 Å². The van der Waals surface area contributed by atoms with Gasteiger partial charge >= 0.3 is 0 Å². The van der Waals surface area contributed by atoms with Gasteiger partial charge in [0.25, 0.3) is 0 Å². The lowest BCUT2D eigenvalue weighted by Crippen LogP contribution is -2.00. The number of hydrogen-bond donors (Lipinski definition) is 1. The number of fused-ring (bicyclic) bond motifs is 1. The fourth-order valence-electron chi connectivity index (χ4n) is 2.15. The van der Waals surface area contributed by atoms with Gasteiger partial charge in [0, 0.05) is 23.6 Å². The molecule has 0 bridgehead atoms. The summed E-state index contributed by atoms with van der Waals surface area (Å²) in [4.78, 5) is 4.41. The number of nitrogens with two attached hydrogens (primary N) is 1. The number of nitrogens with zero attached hydrogens (tertiary/aromatic N) is 3. The van der Waals surface area contributed by atoms with Gasteiger partial charge in [-0.3, -0.25) is 0 Å². The molecule has 102 valence electrons. The van der Waals surface area contributed by atoms with Gasteiger partial charge in [-0.25, -0.2) is 12.9 Å². The van der Waals surface area contributed by atoms with Gasteiger partial charge in [-0.15, -0.1) is 5.10 Å². The molecule has 1 aromatic carbocycles. The van der Waals surface area contributed by atoms with E-state index in [4.69, 9.17) is 5.73 Å². The van der Waals surface area contributed by atoms with E-state index in [0.29, 0.717) is 16.8 Å². The summed E-state index contributed by atoms with van der Waals surface area (Å²) in [6.45, 7) is 0. The lowest BCUT2D eigenvalue weighted by Gasteiger charge is -2.08. The summed E-state index contributed by atoms with van der Waals surface area (Å²) in [5, 5.41) is 4.03. The highest BCUT2D eigenvalue weighted by molar-refractivity contribution is 7.90. The number of nitrogen functional groups attached to an aromatic ring is 1. The third-order valence-electron chi connectivity index (χ3n) is 2.96. The van der Waals surface area contributed by atoms with Crippen LogP contribution in [0.5, 0.6) is 0 Å². The topological polar surface area (TPSA) is 90.3 Å². The van der Waals surface area contributed by atoms with Crippen LogP contribution >= 0.6 is 0 Å². The van der Waals surface area contributed by atoms with Crippen LogP contribution in [0.15, 0.2) is 47.5 Å². The Labute approximate surface area is 115 Å². The van der Waals surface area contributed by atoms with E-state index in [1.54, 1.807) is 42.6 Å². The minimum atomic E-state index is -3.33. The molecule has 2 heterocycles. The molecular weight excluding hydrogens is 276 g/mol. The molecule has 0 aliphatic rings. The summed E-state index contributed by atoms with van der Waals surface area (Å²) in [6.07, 6.45) is 2.90. The standard InChI is InChI=1S/C13H12N4O2S/c1-20(18,19)11-7-3-2-5-9(11)10-6-4-8-17-12(10)15-13(14)16-17/h2-8H,1H3,(H2,14,16). The first-order chi connectivity index (χ1) is 9.47. The molecule has 6 nitrogen and oxygen atoms in total. The van der Waals surface area contributed by atoms with Crippen LogP contribution in [0.3, 0.4) is 0 Å². The van der Waals surface area contributed by atoms with Gasteiger partial charge in [-0.1, -0.05) is 18.2 Å². The van der Waals surface area contributed by atoms with Crippen LogP contribution in [0.2, 0.25) is 0 Å². The number of sulfone groups is 1. The molecule has 0 saturated heterocycles. The van der Waals surface area contributed by atoms with Crippen LogP contribution in [-0.4, -0.2) is 29.3 Å². The Hall–Kier alpha value is -2.41. The van der Waals surface area contributed by atoms with Crippen molar-refractivity contribution < 1.29 is 8.42 Å². The van der Waals surface area contributed by atoms with Gasteiger partial charge < -0.3 is 5.73 Å². The van der Waals surface area contributed by atoms with Crippen molar-refractivity contribution >= 4 is 21.4 Å². The zero-order valence-electron chi connectivity index (χ0n) is 10.7. The number of aromatic nitrogens is 3. The molecule has 3 aromatic rings. The summed E-state index contributed by atoms with van der Waals surface area (Å²) >= 11 is 0. The molecule has 2 aromatic heterocycles. The van der Waals surface area contributed by atoms with E-state index in [0.717, 1.165) is 0 Å². The Morgan fingerprint density at radius 1 is 1.10 bits per heavy atom. The van der Waals surface area contributed by atoms with Crippen molar-refractivity contribution in [3.05, 3.63) is 42.6 Å². The number of anilines is 1. The molecule has 0 unspecified atom stereocenters. The number of pyridine rings is 1. The van der Waals surface area contributed by atoms with E-state index in [9.17, 15) is 8.42 Å². The second-order valence-corrected chi connectivity index (χ2v) is 6.41. The lowest BCUT2D eigenvalue weighted by atomic mass is 10.1. The molecule has 0 amide bonds. The van der Waals surface area contributed by atoms with E-state index >= 15 is 0 Å². The van der Waals surface area contributed by atoms with Gasteiger partial charge in [0.1, 0.15) is 0 Å². The van der Waals surface area contributed by atoms with E-state index in [1.807, 2.05) is 0 Å². The highest BCUT2D eigenvalue weighted by atomic mass is 32.2. The third-order valence-corrected chi connectivity index (χ3v) is 4.11. The van der Waals surface area contributed by atoms with Gasteiger partial charge in [-0.2, -0.15) is 4.98 Å². The Morgan fingerprint density at radius 2 is 1.80 bits per heavy atom. The predicted octanol–water partition coefficient (Wildman–Crippen LogP) is 1.38. The first-order valence-corrected chi connectivity index (χ1v) is 7.76. The van der Waals surface area contributed by atoms with Crippen molar-refractivity contribution in [2.75, 3.05) is 12.0 Å². The second kappa shape index (κ2) is 4.31. The van der Waals surface area contributed by atoms with E-state index in [-0.39, 0.29) is 10.8 Å². The fourth-order valence-corrected chi connectivity index (χ4v) is 3.05. The zero-order chi connectivity index (χ0) is 14.3. The van der Waals surface area contributed by atoms with Crippen LogP contribution in [0.4, 0.5) is 5.95 Å². The quantitative estimate of drug-likeness (QED) is 0.769. The van der Waals surface area contributed by atoms with E-state index in [1.165, 1.54) is 10.8 Å². The van der Waals surface area contributed by atoms with Crippen molar-refractivity contribution in [1.82, 2.24) is 14.6 Å². The SMILES string of the molecule is CS(=O)(=O)c1ccccc1-c1cccn2nc(N)nc12. The maximum absolute atomic E-state index is 11.9. The van der Waals surface area contributed by atoms with Crippen molar-refractivity contribution in [2.45, 2.75) is 4.90 Å². The summed E-state index contributed by atoms with van der Waals surface area (Å²) in [7, 11) is -3.33. The van der Waals surface area contributed by atoms with Crippen LogP contribution in [-0.2, 0) is 9.84 Å². The lowest BCUT2D eigenvalue weighted by molar-refractivity contribution is 0.602. The smallest absolute Gasteiger partial charge is 0.240 e. The Morgan fingerprint density at radius 3 is 2.55 bits per heavy atom. The Balaban J connectivity index is 2.38. The fraction of sp³-hybridized carbons (Fsp3) is 0.0769.